The zero-order chi connectivity index (χ0) is 16.2. The van der Waals surface area contributed by atoms with Crippen LogP contribution in [0.25, 0.3) is 0 Å². The molecule has 1 saturated heterocycles. The standard InChI is InChI=1S/C17H21N3O3/c1-19-9-4-6-13(19)12-18-16(21)14-7-2-3-10-20(14)17(22)15-8-5-11-23-15/h4-6,8-9,11,14H,2-3,7,10,12H2,1H3,(H,18,21). The third kappa shape index (κ3) is 3.31. The molecule has 2 aromatic rings. The number of hydrogen-bond donors (Lipinski definition) is 1. The first-order chi connectivity index (χ1) is 11.2. The fourth-order valence-corrected chi connectivity index (χ4v) is 2.96. The zero-order valence-corrected chi connectivity index (χ0v) is 13.2. The van der Waals surface area contributed by atoms with Crippen LogP contribution in [0.1, 0.15) is 35.5 Å². The summed E-state index contributed by atoms with van der Waals surface area (Å²) in [7, 11) is 1.94. The monoisotopic (exact) mass is 315 g/mol. The van der Waals surface area contributed by atoms with E-state index in [1.165, 1.54) is 6.26 Å². The molecule has 1 aliphatic heterocycles. The van der Waals surface area contributed by atoms with Crippen molar-refractivity contribution in [3.05, 3.63) is 48.2 Å². The number of nitrogens with zero attached hydrogens (tertiary/aromatic N) is 2. The molecular weight excluding hydrogens is 294 g/mol. The van der Waals surface area contributed by atoms with E-state index < -0.39 is 6.04 Å². The van der Waals surface area contributed by atoms with Crippen molar-refractivity contribution in [2.24, 2.45) is 7.05 Å². The van der Waals surface area contributed by atoms with E-state index in [2.05, 4.69) is 5.32 Å². The fraction of sp³-hybridized carbons (Fsp3) is 0.412. The number of furan rings is 1. The maximum atomic E-state index is 12.5. The average Bonchev–Trinajstić information content (AvgIpc) is 3.24. The molecule has 0 saturated carbocycles. The number of carbonyl (C=O) groups excluding carboxylic acids is 2. The fourth-order valence-electron chi connectivity index (χ4n) is 2.96. The molecule has 6 heteroatoms. The first-order valence-corrected chi connectivity index (χ1v) is 7.89. The zero-order valence-electron chi connectivity index (χ0n) is 13.2. The van der Waals surface area contributed by atoms with Crippen LogP contribution in [-0.2, 0) is 18.4 Å². The van der Waals surface area contributed by atoms with E-state index in [4.69, 9.17) is 4.42 Å². The highest BCUT2D eigenvalue weighted by atomic mass is 16.3. The van der Waals surface area contributed by atoms with Crippen molar-refractivity contribution in [2.75, 3.05) is 6.54 Å². The topological polar surface area (TPSA) is 67.5 Å². The minimum atomic E-state index is -0.429. The van der Waals surface area contributed by atoms with Gasteiger partial charge in [-0.2, -0.15) is 0 Å². The van der Waals surface area contributed by atoms with E-state index in [0.29, 0.717) is 19.5 Å². The lowest BCUT2D eigenvalue weighted by Gasteiger charge is -2.34. The van der Waals surface area contributed by atoms with E-state index in [9.17, 15) is 9.59 Å². The normalized spacial score (nSPS) is 18.0. The number of nitrogens with one attached hydrogen (secondary N) is 1. The van der Waals surface area contributed by atoms with Crippen molar-refractivity contribution in [1.29, 1.82) is 0 Å². The maximum absolute atomic E-state index is 12.5. The second-order valence-corrected chi connectivity index (χ2v) is 5.82. The number of amides is 2. The Kier molecular flexibility index (Phi) is 4.50. The Balaban J connectivity index is 1.67. The van der Waals surface area contributed by atoms with Gasteiger partial charge in [-0.15, -0.1) is 0 Å². The molecule has 0 bridgehead atoms. The molecule has 3 rings (SSSR count). The van der Waals surface area contributed by atoms with Gasteiger partial charge in [-0.25, -0.2) is 0 Å². The van der Waals surface area contributed by atoms with Gasteiger partial charge in [-0.1, -0.05) is 0 Å². The SMILES string of the molecule is Cn1cccc1CNC(=O)C1CCCCN1C(=O)c1ccco1. The van der Waals surface area contributed by atoms with Crippen LogP contribution in [0.2, 0.25) is 0 Å². The predicted molar refractivity (Wildman–Crippen MR) is 84.6 cm³/mol. The Hall–Kier alpha value is -2.50. The minimum absolute atomic E-state index is 0.106. The Morgan fingerprint density at radius 3 is 2.87 bits per heavy atom. The van der Waals surface area contributed by atoms with Gasteiger partial charge in [0.05, 0.1) is 12.8 Å². The van der Waals surface area contributed by atoms with E-state index in [0.717, 1.165) is 18.5 Å². The molecule has 1 aliphatic rings. The largest absolute Gasteiger partial charge is 0.459 e. The van der Waals surface area contributed by atoms with Crippen LogP contribution in [0.3, 0.4) is 0 Å². The molecule has 0 aliphatic carbocycles. The first-order valence-electron chi connectivity index (χ1n) is 7.89. The first kappa shape index (κ1) is 15.4. The van der Waals surface area contributed by atoms with Gasteiger partial charge >= 0.3 is 0 Å². The van der Waals surface area contributed by atoms with Crippen molar-refractivity contribution in [3.63, 3.8) is 0 Å². The lowest BCUT2D eigenvalue weighted by atomic mass is 10.0. The van der Waals surface area contributed by atoms with Gasteiger partial charge < -0.3 is 19.2 Å². The summed E-state index contributed by atoms with van der Waals surface area (Å²) in [6.07, 6.45) is 5.96. The third-order valence-corrected chi connectivity index (χ3v) is 4.29. The number of carbonyl (C=O) groups is 2. The van der Waals surface area contributed by atoms with Gasteiger partial charge in [-0.3, -0.25) is 9.59 Å². The minimum Gasteiger partial charge on any atom is -0.459 e. The quantitative estimate of drug-likeness (QED) is 0.937. The molecule has 6 nitrogen and oxygen atoms in total. The lowest BCUT2D eigenvalue weighted by Crippen LogP contribution is -2.51. The summed E-state index contributed by atoms with van der Waals surface area (Å²) >= 11 is 0. The van der Waals surface area contributed by atoms with Crippen molar-refractivity contribution in [3.8, 4) is 0 Å². The number of aryl methyl sites for hydroxylation is 1. The average molecular weight is 315 g/mol. The van der Waals surface area contributed by atoms with E-state index in [-0.39, 0.29) is 17.6 Å². The van der Waals surface area contributed by atoms with E-state index in [1.54, 1.807) is 17.0 Å². The summed E-state index contributed by atoms with van der Waals surface area (Å²) < 4.78 is 7.15. The molecule has 122 valence electrons. The van der Waals surface area contributed by atoms with Crippen molar-refractivity contribution in [2.45, 2.75) is 31.8 Å². The number of likely N-dealkylation sites (tertiary alicyclic amines) is 1. The lowest BCUT2D eigenvalue weighted by molar-refractivity contribution is -0.126. The van der Waals surface area contributed by atoms with Crippen LogP contribution >= 0.6 is 0 Å². The Morgan fingerprint density at radius 2 is 2.17 bits per heavy atom. The Bertz CT molecular complexity index is 675. The second-order valence-electron chi connectivity index (χ2n) is 5.82. The molecule has 1 N–H and O–H groups in total. The van der Waals surface area contributed by atoms with Crippen LogP contribution in [0.4, 0.5) is 0 Å². The number of piperidine rings is 1. The molecule has 0 radical (unpaired) electrons. The van der Waals surface area contributed by atoms with Crippen LogP contribution in [0, 0.1) is 0 Å². The maximum Gasteiger partial charge on any atom is 0.290 e. The van der Waals surface area contributed by atoms with Crippen molar-refractivity contribution in [1.82, 2.24) is 14.8 Å². The second kappa shape index (κ2) is 6.73. The van der Waals surface area contributed by atoms with Crippen LogP contribution in [0.5, 0.6) is 0 Å². The summed E-state index contributed by atoms with van der Waals surface area (Å²) in [5.74, 6) is -0.0355. The molecule has 2 aromatic heterocycles. The van der Waals surface area contributed by atoms with Gasteiger partial charge in [0.15, 0.2) is 5.76 Å². The molecule has 3 heterocycles. The molecule has 1 unspecified atom stereocenters. The highest BCUT2D eigenvalue weighted by Gasteiger charge is 2.33. The number of rotatable bonds is 4. The summed E-state index contributed by atoms with van der Waals surface area (Å²) in [6, 6.07) is 6.79. The van der Waals surface area contributed by atoms with Gasteiger partial charge in [0.2, 0.25) is 5.91 Å². The van der Waals surface area contributed by atoms with Crippen LogP contribution in [0.15, 0.2) is 41.1 Å². The van der Waals surface area contributed by atoms with Crippen molar-refractivity contribution < 1.29 is 14.0 Å². The molecular formula is C17H21N3O3. The summed E-state index contributed by atoms with van der Waals surface area (Å²) in [5, 5.41) is 2.94. The van der Waals surface area contributed by atoms with Gasteiger partial charge in [0.1, 0.15) is 6.04 Å². The summed E-state index contributed by atoms with van der Waals surface area (Å²) in [5.41, 5.74) is 1.03. The van der Waals surface area contributed by atoms with Crippen LogP contribution < -0.4 is 5.32 Å². The highest BCUT2D eigenvalue weighted by Crippen LogP contribution is 2.20. The van der Waals surface area contributed by atoms with E-state index >= 15 is 0 Å². The third-order valence-electron chi connectivity index (χ3n) is 4.29. The Morgan fingerprint density at radius 1 is 1.30 bits per heavy atom. The number of hydrogen-bond acceptors (Lipinski definition) is 3. The molecule has 0 spiro atoms. The van der Waals surface area contributed by atoms with E-state index in [1.807, 2.05) is 29.9 Å². The highest BCUT2D eigenvalue weighted by molar-refractivity contribution is 5.95. The smallest absolute Gasteiger partial charge is 0.290 e. The molecule has 1 atom stereocenters. The molecule has 23 heavy (non-hydrogen) atoms. The van der Waals surface area contributed by atoms with Gasteiger partial charge in [0, 0.05) is 25.5 Å². The molecule has 1 fully saturated rings. The number of aromatic nitrogens is 1. The molecule has 0 aromatic carbocycles. The summed E-state index contributed by atoms with van der Waals surface area (Å²) in [6.45, 7) is 1.05. The summed E-state index contributed by atoms with van der Waals surface area (Å²) in [4.78, 5) is 26.7. The predicted octanol–water partition coefficient (Wildman–Crippen LogP) is 1.93. The van der Waals surface area contributed by atoms with Gasteiger partial charge in [0.25, 0.3) is 5.91 Å². The molecule has 2 amide bonds. The van der Waals surface area contributed by atoms with Gasteiger partial charge in [-0.05, 0) is 43.5 Å². The Labute approximate surface area is 135 Å². The van der Waals surface area contributed by atoms with Crippen LogP contribution in [-0.4, -0.2) is 33.9 Å². The van der Waals surface area contributed by atoms with Crippen molar-refractivity contribution >= 4 is 11.8 Å².